The van der Waals surface area contributed by atoms with E-state index >= 15 is 0 Å². The number of hydrogen-bond acceptors (Lipinski definition) is 3. The molecule has 0 spiro atoms. The molecule has 29 heavy (non-hydrogen) atoms. The van der Waals surface area contributed by atoms with Crippen molar-refractivity contribution in [2.45, 2.75) is 18.6 Å². The predicted octanol–water partition coefficient (Wildman–Crippen LogP) is 4.02. The zero-order chi connectivity index (χ0) is 20.3. The Hall–Kier alpha value is -2.52. The first-order valence-corrected chi connectivity index (χ1v) is 12.3. The number of carbonyl (C=O) groups excluding carboxylic acids is 1. The van der Waals surface area contributed by atoms with Crippen molar-refractivity contribution in [1.29, 1.82) is 0 Å². The molecule has 146 valence electrons. The van der Waals surface area contributed by atoms with Gasteiger partial charge in [0.15, 0.2) is 0 Å². The molecule has 1 aliphatic heterocycles. The van der Waals surface area contributed by atoms with Crippen molar-refractivity contribution < 1.29 is 9.53 Å². The van der Waals surface area contributed by atoms with Crippen LogP contribution in [0.4, 0.5) is 0 Å². The van der Waals surface area contributed by atoms with Crippen LogP contribution in [0.5, 0.6) is 0 Å². The summed E-state index contributed by atoms with van der Waals surface area (Å²) < 4.78 is 5.66. The van der Waals surface area contributed by atoms with Gasteiger partial charge in [-0.15, -0.1) is 0 Å². The molecule has 0 saturated carbocycles. The summed E-state index contributed by atoms with van der Waals surface area (Å²) in [6.07, 6.45) is 0.429. The maximum Gasteiger partial charge on any atom is 0.331 e. The summed E-state index contributed by atoms with van der Waals surface area (Å²) in [5.74, 6) is -0.327. The first kappa shape index (κ1) is 19.8. The monoisotopic (exact) mass is 419 g/mol. The molecular weight excluding hydrogens is 397 g/mol. The minimum atomic E-state index is -2.43. The van der Waals surface area contributed by atoms with E-state index in [1.54, 1.807) is 0 Å². The Morgan fingerprint density at radius 2 is 1.34 bits per heavy atom. The van der Waals surface area contributed by atoms with E-state index < -0.39 is 17.8 Å². The number of esters is 1. The lowest BCUT2D eigenvalue weighted by Crippen LogP contribution is -2.50. The highest BCUT2D eigenvalue weighted by molar-refractivity contribution is 8.20. The maximum atomic E-state index is 11.9. The highest BCUT2D eigenvalue weighted by Crippen LogP contribution is 2.46. The molecule has 0 amide bonds. The van der Waals surface area contributed by atoms with Gasteiger partial charge in [0.2, 0.25) is 0 Å². The van der Waals surface area contributed by atoms with Crippen LogP contribution in [0.3, 0.4) is 0 Å². The number of cyclic esters (lactones) is 1. The van der Waals surface area contributed by atoms with Crippen molar-refractivity contribution in [3.05, 3.63) is 109 Å². The molecule has 0 unspecified atom stereocenters. The number of nitrogens with one attached hydrogen (secondary N) is 1. The van der Waals surface area contributed by atoms with Crippen LogP contribution in [0.25, 0.3) is 0 Å². The van der Waals surface area contributed by atoms with E-state index in [9.17, 15) is 4.79 Å². The number of hydrogen-bond donors (Lipinski definition) is 1. The third-order valence-corrected chi connectivity index (χ3v) is 9.59. The highest BCUT2D eigenvalue weighted by Gasteiger charge is 2.43. The molecule has 0 fully saturated rings. The molecule has 1 N–H and O–H groups in total. The van der Waals surface area contributed by atoms with Crippen LogP contribution < -0.4 is 15.7 Å². The zero-order valence-electron chi connectivity index (χ0n) is 16.1. The second-order valence-corrected chi connectivity index (χ2v) is 11.3. The first-order valence-electron chi connectivity index (χ1n) is 9.47. The fourth-order valence-electron chi connectivity index (χ4n) is 3.64. The van der Waals surface area contributed by atoms with Crippen LogP contribution in [0, 0.1) is 0 Å². The second-order valence-electron chi connectivity index (χ2n) is 7.18. The standard InChI is InChI=1S/C24H22NO2PS/c1-24(19-11-5-2-6-12-19,22-17-18-23(26)27-22)25-28(29,20-13-7-3-8-14-20)21-15-9-4-10-16-21/h2-18,22H,1H3,(H,25,29)/t22-,24+/m1/s1. The predicted molar refractivity (Wildman–Crippen MR) is 122 cm³/mol. The molecule has 3 aromatic carbocycles. The fourth-order valence-corrected chi connectivity index (χ4v) is 7.59. The summed E-state index contributed by atoms with van der Waals surface area (Å²) >= 11 is 6.38. The normalized spacial score (nSPS) is 18.2. The molecule has 2 atom stereocenters. The lowest BCUT2D eigenvalue weighted by molar-refractivity contribution is -0.141. The first-order chi connectivity index (χ1) is 14.0. The molecule has 0 aromatic heterocycles. The van der Waals surface area contributed by atoms with E-state index in [4.69, 9.17) is 16.5 Å². The Morgan fingerprint density at radius 1 is 0.862 bits per heavy atom. The number of carbonyl (C=O) groups is 1. The van der Waals surface area contributed by atoms with Crippen molar-refractivity contribution in [3.63, 3.8) is 0 Å². The Balaban J connectivity index is 1.87. The van der Waals surface area contributed by atoms with E-state index in [2.05, 4.69) is 36.3 Å². The summed E-state index contributed by atoms with van der Waals surface area (Å²) in [6, 6.07) is 30.4. The minimum absolute atomic E-state index is 0.327. The quantitative estimate of drug-likeness (QED) is 0.484. The van der Waals surface area contributed by atoms with Gasteiger partial charge in [0.25, 0.3) is 0 Å². The summed E-state index contributed by atoms with van der Waals surface area (Å²) in [7, 11) is 0. The van der Waals surface area contributed by atoms with Crippen molar-refractivity contribution in [2.75, 3.05) is 0 Å². The third-order valence-electron chi connectivity index (χ3n) is 5.22. The molecule has 1 aliphatic rings. The molecule has 4 rings (SSSR count). The lowest BCUT2D eigenvalue weighted by atomic mass is 9.87. The van der Waals surface area contributed by atoms with Gasteiger partial charge in [0.05, 0.1) is 11.7 Å². The molecule has 3 aromatic rings. The van der Waals surface area contributed by atoms with Gasteiger partial charge < -0.3 is 4.74 Å². The average molecular weight is 419 g/mol. The molecule has 3 nitrogen and oxygen atoms in total. The van der Waals surface area contributed by atoms with Gasteiger partial charge in [-0.3, -0.25) is 5.09 Å². The second kappa shape index (κ2) is 8.08. The summed E-state index contributed by atoms with van der Waals surface area (Å²) in [5.41, 5.74) is 0.330. The topological polar surface area (TPSA) is 38.3 Å². The Labute approximate surface area is 176 Å². The van der Waals surface area contributed by atoms with Crippen LogP contribution in [0.1, 0.15) is 12.5 Å². The van der Waals surface area contributed by atoms with E-state index in [1.807, 2.05) is 72.8 Å². The zero-order valence-corrected chi connectivity index (χ0v) is 17.8. The Bertz CT molecular complexity index is 1030. The van der Waals surface area contributed by atoms with Crippen molar-refractivity contribution in [3.8, 4) is 0 Å². The van der Waals surface area contributed by atoms with Gasteiger partial charge in [0.1, 0.15) is 6.10 Å². The van der Waals surface area contributed by atoms with Crippen LogP contribution in [0.2, 0.25) is 0 Å². The van der Waals surface area contributed by atoms with E-state index in [1.165, 1.54) is 6.08 Å². The van der Waals surface area contributed by atoms with Gasteiger partial charge >= 0.3 is 5.97 Å². The van der Waals surface area contributed by atoms with Crippen LogP contribution in [-0.4, -0.2) is 12.1 Å². The number of rotatable bonds is 6. The summed E-state index contributed by atoms with van der Waals surface area (Å²) in [4.78, 5) is 11.9. The van der Waals surface area contributed by atoms with Crippen molar-refractivity contribution in [2.24, 2.45) is 0 Å². The Kier molecular flexibility index (Phi) is 5.51. The third kappa shape index (κ3) is 3.84. The Morgan fingerprint density at radius 3 is 1.79 bits per heavy atom. The average Bonchev–Trinajstić information content (AvgIpc) is 3.22. The van der Waals surface area contributed by atoms with Gasteiger partial charge in [-0.2, -0.15) is 0 Å². The maximum absolute atomic E-state index is 11.9. The van der Waals surface area contributed by atoms with Gasteiger partial charge in [0, 0.05) is 16.7 Å². The molecule has 0 saturated heterocycles. The summed E-state index contributed by atoms with van der Waals surface area (Å²) in [5, 5.41) is 5.95. The fraction of sp³-hybridized carbons (Fsp3) is 0.125. The molecule has 5 heteroatoms. The van der Waals surface area contributed by atoms with E-state index in [0.29, 0.717) is 0 Å². The van der Waals surface area contributed by atoms with Gasteiger partial charge in [-0.25, -0.2) is 4.79 Å². The molecule has 0 aliphatic carbocycles. The largest absolute Gasteiger partial charge is 0.453 e. The van der Waals surface area contributed by atoms with Gasteiger partial charge in [-0.05, 0) is 18.6 Å². The van der Waals surface area contributed by atoms with E-state index in [0.717, 1.165) is 16.2 Å². The molecule has 0 bridgehead atoms. The molecular formula is C24H22NO2PS. The van der Waals surface area contributed by atoms with Crippen LogP contribution in [0.15, 0.2) is 103 Å². The highest BCUT2D eigenvalue weighted by atomic mass is 32.4. The number of ether oxygens (including phenoxy) is 1. The minimum Gasteiger partial charge on any atom is -0.453 e. The van der Waals surface area contributed by atoms with Gasteiger partial charge in [-0.1, -0.05) is 103 Å². The summed E-state index contributed by atoms with van der Waals surface area (Å²) in [6.45, 7) is 2.06. The number of benzene rings is 3. The smallest absolute Gasteiger partial charge is 0.331 e. The SMILES string of the molecule is C[C@](NP(=S)(c1ccccc1)c1ccccc1)(c1ccccc1)[C@H]1C=CC(=O)O1. The van der Waals surface area contributed by atoms with Crippen molar-refractivity contribution in [1.82, 2.24) is 5.09 Å². The van der Waals surface area contributed by atoms with E-state index in [-0.39, 0.29) is 5.97 Å². The van der Waals surface area contributed by atoms with Crippen LogP contribution in [-0.2, 0) is 26.9 Å². The van der Waals surface area contributed by atoms with Crippen molar-refractivity contribution >= 4 is 34.6 Å². The molecule has 0 radical (unpaired) electrons. The van der Waals surface area contributed by atoms with Crippen LogP contribution >= 0.6 is 6.19 Å². The molecule has 1 heterocycles. The lowest BCUT2D eigenvalue weighted by Gasteiger charge is -2.40.